The zero-order valence-corrected chi connectivity index (χ0v) is 18.5. The minimum absolute atomic E-state index is 0.109. The number of aliphatic hydroxyl groups excluding tert-OH is 1. The van der Waals surface area contributed by atoms with Crippen molar-refractivity contribution < 1.29 is 9.90 Å². The van der Waals surface area contributed by atoms with Gasteiger partial charge in [-0.05, 0) is 24.5 Å². The number of aliphatic hydroxyl groups is 1. The zero-order valence-electron chi connectivity index (χ0n) is 18.5. The monoisotopic (exact) mass is 378 g/mol. The minimum atomic E-state index is -0.579. The van der Waals surface area contributed by atoms with E-state index < -0.39 is 6.10 Å². The van der Waals surface area contributed by atoms with E-state index in [-0.39, 0.29) is 5.91 Å². The van der Waals surface area contributed by atoms with Gasteiger partial charge in [0.15, 0.2) is 0 Å². The lowest BCUT2D eigenvalue weighted by Gasteiger charge is -2.29. The van der Waals surface area contributed by atoms with Crippen LogP contribution in [-0.2, 0) is 4.79 Å². The van der Waals surface area contributed by atoms with Gasteiger partial charge in [-0.2, -0.15) is 0 Å². The number of nitrogens with zero attached hydrogens (tertiary/aromatic N) is 2. The van der Waals surface area contributed by atoms with Crippen LogP contribution in [0.15, 0.2) is 48.6 Å². The van der Waals surface area contributed by atoms with Crippen molar-refractivity contribution in [3.05, 3.63) is 48.6 Å². The number of likely N-dealkylation sites (N-methyl/N-ethyl adjacent to an activating group) is 1. The van der Waals surface area contributed by atoms with Crippen LogP contribution in [0.2, 0.25) is 0 Å². The largest absolute Gasteiger partial charge is 0.390 e. The molecule has 4 heteroatoms. The highest BCUT2D eigenvalue weighted by molar-refractivity contribution is 5.76. The van der Waals surface area contributed by atoms with E-state index in [2.05, 4.69) is 18.1 Å². The van der Waals surface area contributed by atoms with E-state index in [4.69, 9.17) is 0 Å². The second-order valence-electron chi connectivity index (χ2n) is 6.04. The van der Waals surface area contributed by atoms with Crippen molar-refractivity contribution >= 4 is 5.91 Å². The fourth-order valence-electron chi connectivity index (χ4n) is 2.64. The zero-order chi connectivity index (χ0) is 21.2. The number of β-amino-alcohol motifs (C(OH)–C–C–N with tert-alkyl or cyclic N) is 1. The first kappa shape index (κ1) is 27.6. The summed E-state index contributed by atoms with van der Waals surface area (Å²) in [6, 6.07) is 0. The van der Waals surface area contributed by atoms with Gasteiger partial charge in [-0.15, -0.1) is 0 Å². The predicted molar refractivity (Wildman–Crippen MR) is 119 cm³/mol. The Morgan fingerprint density at radius 1 is 1.11 bits per heavy atom. The molecule has 0 fully saturated rings. The molecule has 1 rings (SSSR count). The molecule has 156 valence electrons. The van der Waals surface area contributed by atoms with Crippen molar-refractivity contribution in [3.8, 4) is 0 Å². The van der Waals surface area contributed by atoms with Gasteiger partial charge in [-0.1, -0.05) is 72.1 Å². The van der Waals surface area contributed by atoms with Crippen LogP contribution in [-0.4, -0.2) is 59.6 Å². The Hall–Kier alpha value is -1.65. The van der Waals surface area contributed by atoms with Gasteiger partial charge in [-0.25, -0.2) is 0 Å². The smallest absolute Gasteiger partial charge is 0.222 e. The molecular weight excluding hydrogens is 336 g/mol. The first-order valence-corrected chi connectivity index (χ1v) is 10.3. The molecule has 0 radical (unpaired) electrons. The molecule has 0 saturated heterocycles. The molecule has 1 unspecified atom stereocenters. The third-order valence-electron chi connectivity index (χ3n) is 3.73. The summed E-state index contributed by atoms with van der Waals surface area (Å²) < 4.78 is 0. The molecule has 0 saturated carbocycles. The van der Waals surface area contributed by atoms with Gasteiger partial charge < -0.3 is 10.0 Å². The number of allylic oxidation sites excluding steroid dienone is 2. The van der Waals surface area contributed by atoms with Gasteiger partial charge in [-0.3, -0.25) is 9.69 Å². The Bertz CT molecular complexity index is 455. The van der Waals surface area contributed by atoms with Crippen molar-refractivity contribution in [1.82, 2.24) is 9.80 Å². The Balaban J connectivity index is 0. The summed E-state index contributed by atoms with van der Waals surface area (Å²) in [7, 11) is 0. The average Bonchev–Trinajstić information content (AvgIpc) is 2.73. The van der Waals surface area contributed by atoms with Crippen molar-refractivity contribution in [1.29, 1.82) is 0 Å². The molecule has 1 aliphatic heterocycles. The van der Waals surface area contributed by atoms with Gasteiger partial charge >= 0.3 is 0 Å². The molecule has 1 N–H and O–H groups in total. The average molecular weight is 379 g/mol. The number of rotatable bonds is 7. The number of hydrogen-bond donors (Lipinski definition) is 1. The Morgan fingerprint density at radius 2 is 1.59 bits per heavy atom. The van der Waals surface area contributed by atoms with Crippen molar-refractivity contribution in [3.63, 3.8) is 0 Å². The first-order chi connectivity index (χ1) is 13.0. The van der Waals surface area contributed by atoms with Gasteiger partial charge in [0, 0.05) is 39.1 Å². The second kappa shape index (κ2) is 17.7. The van der Waals surface area contributed by atoms with Gasteiger partial charge in [0.1, 0.15) is 0 Å². The maximum atomic E-state index is 12.0. The lowest BCUT2D eigenvalue weighted by atomic mass is 10.2. The SMILES string of the molecule is C=C1/C=C\C=C/C(=C)CN(CC(O)CN(CC)C(=O)CCC)C1.CC.CC. The third-order valence-corrected chi connectivity index (χ3v) is 3.73. The van der Waals surface area contributed by atoms with Crippen LogP contribution in [0.1, 0.15) is 54.4 Å². The highest BCUT2D eigenvalue weighted by Crippen LogP contribution is 2.09. The Morgan fingerprint density at radius 3 is 2.00 bits per heavy atom. The van der Waals surface area contributed by atoms with Gasteiger partial charge in [0.05, 0.1) is 6.10 Å². The van der Waals surface area contributed by atoms with E-state index in [1.165, 1.54) is 0 Å². The lowest BCUT2D eigenvalue weighted by molar-refractivity contribution is -0.132. The van der Waals surface area contributed by atoms with Crippen molar-refractivity contribution in [2.45, 2.75) is 60.5 Å². The molecule has 0 spiro atoms. The summed E-state index contributed by atoms with van der Waals surface area (Å²) in [5.74, 6) is 0.109. The van der Waals surface area contributed by atoms with Crippen LogP contribution in [0.3, 0.4) is 0 Å². The van der Waals surface area contributed by atoms with Gasteiger partial charge in [0.25, 0.3) is 0 Å². The number of amides is 1. The third kappa shape index (κ3) is 13.2. The standard InChI is InChI=1S/C19H30N2O2.2C2H6/c1-5-9-19(23)21(6-2)15-18(22)14-20-12-16(3)10-7-8-11-17(4)13-20;2*1-2/h7-8,10-11,18,22H,3-6,9,12-15H2,1-2H3;2*1-2H3/b10-7-,11-8-;;. The summed E-state index contributed by atoms with van der Waals surface area (Å²) in [5.41, 5.74) is 1.98. The molecular formula is C23H42N2O2. The molecule has 1 atom stereocenters. The fourth-order valence-corrected chi connectivity index (χ4v) is 2.64. The minimum Gasteiger partial charge on any atom is -0.390 e. The second-order valence-corrected chi connectivity index (χ2v) is 6.04. The van der Waals surface area contributed by atoms with Crippen LogP contribution >= 0.6 is 0 Å². The molecule has 4 nitrogen and oxygen atoms in total. The first-order valence-electron chi connectivity index (χ1n) is 10.3. The molecule has 0 bridgehead atoms. The summed E-state index contributed by atoms with van der Waals surface area (Å²) >= 11 is 0. The van der Waals surface area contributed by atoms with Crippen molar-refractivity contribution in [2.75, 3.05) is 32.7 Å². The predicted octanol–water partition coefficient (Wildman–Crippen LogP) is 4.59. The Labute approximate surface area is 167 Å². The van der Waals surface area contributed by atoms with Crippen LogP contribution in [0.25, 0.3) is 0 Å². The highest BCUT2D eigenvalue weighted by atomic mass is 16.3. The Kier molecular flexibility index (Phi) is 18.1. The topological polar surface area (TPSA) is 43.8 Å². The van der Waals surface area contributed by atoms with Crippen LogP contribution < -0.4 is 0 Å². The number of hydrogen-bond acceptors (Lipinski definition) is 3. The summed E-state index contributed by atoms with van der Waals surface area (Å²) in [6.07, 6.45) is 8.63. The molecule has 0 aromatic heterocycles. The van der Waals surface area contributed by atoms with Crippen LogP contribution in [0, 0.1) is 0 Å². The van der Waals surface area contributed by atoms with Crippen LogP contribution in [0.4, 0.5) is 0 Å². The maximum absolute atomic E-state index is 12.0. The van der Waals surface area contributed by atoms with E-state index >= 15 is 0 Å². The van der Waals surface area contributed by atoms with E-state index in [1.807, 2.05) is 65.8 Å². The van der Waals surface area contributed by atoms with E-state index in [0.717, 1.165) is 17.6 Å². The summed E-state index contributed by atoms with van der Waals surface area (Å²) in [5, 5.41) is 10.4. The molecule has 1 amide bonds. The fraction of sp³-hybridized carbons (Fsp3) is 0.609. The molecule has 0 aliphatic carbocycles. The van der Waals surface area contributed by atoms with Crippen molar-refractivity contribution in [2.24, 2.45) is 0 Å². The number of carbonyl (C=O) groups is 1. The number of carbonyl (C=O) groups excluding carboxylic acids is 1. The summed E-state index contributed by atoms with van der Waals surface area (Å²) in [6.45, 7) is 22.9. The maximum Gasteiger partial charge on any atom is 0.222 e. The molecule has 0 aromatic carbocycles. The van der Waals surface area contributed by atoms with E-state index in [1.54, 1.807) is 4.90 Å². The van der Waals surface area contributed by atoms with Gasteiger partial charge in [0.2, 0.25) is 5.91 Å². The lowest BCUT2D eigenvalue weighted by Crippen LogP contribution is -2.43. The highest BCUT2D eigenvalue weighted by Gasteiger charge is 2.18. The molecule has 27 heavy (non-hydrogen) atoms. The normalized spacial score (nSPS) is 17.7. The molecule has 1 aliphatic rings. The molecule has 0 aromatic rings. The van der Waals surface area contributed by atoms with Crippen LogP contribution in [0.5, 0.6) is 0 Å². The quantitative estimate of drug-likeness (QED) is 0.705. The summed E-state index contributed by atoms with van der Waals surface area (Å²) in [4.78, 5) is 15.9. The molecule has 1 heterocycles. The van der Waals surface area contributed by atoms with E-state index in [0.29, 0.717) is 39.1 Å². The van der Waals surface area contributed by atoms with E-state index in [9.17, 15) is 9.90 Å².